The summed E-state index contributed by atoms with van der Waals surface area (Å²) in [4.78, 5) is 17.9. The van der Waals surface area contributed by atoms with Gasteiger partial charge >= 0.3 is 0 Å². The van der Waals surface area contributed by atoms with Gasteiger partial charge in [-0.25, -0.2) is 4.39 Å². The van der Waals surface area contributed by atoms with Crippen LogP contribution in [0.1, 0.15) is 65.2 Å². The molecule has 4 rings (SSSR count). The predicted molar refractivity (Wildman–Crippen MR) is 109 cm³/mol. The number of rotatable bonds is 4. The van der Waals surface area contributed by atoms with E-state index in [2.05, 4.69) is 24.2 Å². The van der Waals surface area contributed by atoms with Crippen LogP contribution in [0.25, 0.3) is 0 Å². The van der Waals surface area contributed by atoms with Gasteiger partial charge in [-0.1, -0.05) is 24.2 Å². The third-order valence-electron chi connectivity index (χ3n) is 8.78. The lowest BCUT2D eigenvalue weighted by Crippen LogP contribution is -2.58. The summed E-state index contributed by atoms with van der Waals surface area (Å²) in [5, 5.41) is 17.6. The van der Waals surface area contributed by atoms with Crippen molar-refractivity contribution in [1.82, 2.24) is 0 Å². The van der Waals surface area contributed by atoms with Crippen molar-refractivity contribution in [2.24, 2.45) is 50.5 Å². The number of ketones is 1. The van der Waals surface area contributed by atoms with Crippen molar-refractivity contribution >= 4 is 17.2 Å². The van der Waals surface area contributed by atoms with Gasteiger partial charge in [-0.2, -0.15) is 0 Å². The molecule has 7 atom stereocenters. The number of Topliss-reactive ketones (excluding diaryl/α,β-unsaturated/α-hetero) is 1. The van der Waals surface area contributed by atoms with Crippen molar-refractivity contribution in [3.8, 4) is 0 Å². The number of carbonyl (C=O) groups is 1. The molecule has 0 aromatic heterocycles. The van der Waals surface area contributed by atoms with Crippen LogP contribution in [0.5, 0.6) is 0 Å². The summed E-state index contributed by atoms with van der Waals surface area (Å²) in [5.74, 6) is 1.31. The second kappa shape index (κ2) is 7.64. The van der Waals surface area contributed by atoms with E-state index in [-0.39, 0.29) is 16.7 Å². The molecule has 4 saturated carbocycles. The van der Waals surface area contributed by atoms with Gasteiger partial charge in [0.15, 0.2) is 0 Å². The van der Waals surface area contributed by atoms with E-state index >= 15 is 4.39 Å². The molecule has 4 aliphatic rings. The zero-order valence-corrected chi connectivity index (χ0v) is 17.6. The lowest BCUT2D eigenvalue weighted by atomic mass is 9.44. The number of oxime groups is 2. The minimum absolute atomic E-state index is 0.0286. The first kappa shape index (κ1) is 20.8. The Morgan fingerprint density at radius 3 is 2.76 bits per heavy atom. The molecule has 162 valence electrons. The Morgan fingerprint density at radius 1 is 1.24 bits per heavy atom. The number of alkyl halides is 1. The van der Waals surface area contributed by atoms with E-state index in [1.165, 1.54) is 0 Å². The first-order chi connectivity index (χ1) is 13.8. The molecule has 7 heteroatoms. The number of halogens is 1. The SMILES string of the molecule is C[C@]12C[C@@H](F)/C(=N/OCCCN)CC1/C(=N/O)C[C@@H]1[C@@H]2CC[C@]2(C)C(=O)CC[C@@H]12. The molecule has 0 saturated heterocycles. The molecule has 0 spiro atoms. The van der Waals surface area contributed by atoms with Crippen LogP contribution in [0.4, 0.5) is 4.39 Å². The van der Waals surface area contributed by atoms with E-state index in [0.717, 1.165) is 25.0 Å². The number of nitrogens with zero attached hydrogens (tertiary/aromatic N) is 2. The highest BCUT2D eigenvalue weighted by atomic mass is 19.1. The summed E-state index contributed by atoms with van der Waals surface area (Å²) in [7, 11) is 0. The maximum absolute atomic E-state index is 15.2. The molecule has 0 aliphatic heterocycles. The van der Waals surface area contributed by atoms with Crippen molar-refractivity contribution in [3.05, 3.63) is 0 Å². The van der Waals surface area contributed by atoms with Gasteiger partial charge in [0.05, 0.1) is 11.4 Å². The average Bonchev–Trinajstić information content (AvgIpc) is 3.00. The van der Waals surface area contributed by atoms with Crippen LogP contribution < -0.4 is 5.73 Å². The smallest absolute Gasteiger partial charge is 0.142 e. The van der Waals surface area contributed by atoms with Gasteiger partial charge in [-0.05, 0) is 68.2 Å². The highest BCUT2D eigenvalue weighted by molar-refractivity contribution is 5.97. The summed E-state index contributed by atoms with van der Waals surface area (Å²) in [5.41, 5.74) is 6.10. The molecule has 4 aliphatic carbocycles. The van der Waals surface area contributed by atoms with Gasteiger partial charge in [0.2, 0.25) is 0 Å². The van der Waals surface area contributed by atoms with Crippen LogP contribution in [0.2, 0.25) is 0 Å². The standard InChI is InChI=1S/C22H34FN3O3/c1-21-7-6-15-13(14(21)4-5-20(21)27)10-18(25-28)16-11-19(26-29-9-3-8-24)17(23)12-22(15,16)2/h13-17,28H,3-12,24H2,1-2H3/b25-18+,26-19+/t13-,14-,15-,16?,17+,21-,22+/m0/s1. The van der Waals surface area contributed by atoms with Gasteiger partial charge in [-0.15, -0.1) is 0 Å². The minimum atomic E-state index is -1.15. The second-order valence-corrected chi connectivity index (χ2v) is 10.1. The van der Waals surface area contributed by atoms with Crippen molar-refractivity contribution in [3.63, 3.8) is 0 Å². The van der Waals surface area contributed by atoms with E-state index in [4.69, 9.17) is 10.6 Å². The monoisotopic (exact) mass is 407 g/mol. The Hall–Kier alpha value is -1.50. The first-order valence-electron chi connectivity index (χ1n) is 11.1. The van der Waals surface area contributed by atoms with Crippen molar-refractivity contribution in [1.29, 1.82) is 0 Å². The lowest BCUT2D eigenvalue weighted by Gasteiger charge is -2.59. The highest BCUT2D eigenvalue weighted by Crippen LogP contribution is 2.64. The van der Waals surface area contributed by atoms with E-state index in [1.54, 1.807) is 0 Å². The van der Waals surface area contributed by atoms with Gasteiger partial charge in [0.1, 0.15) is 18.6 Å². The predicted octanol–water partition coefficient (Wildman–Crippen LogP) is 3.71. The Bertz CT molecular complexity index is 726. The van der Waals surface area contributed by atoms with Crippen LogP contribution in [0.3, 0.4) is 0 Å². The van der Waals surface area contributed by atoms with E-state index < -0.39 is 6.17 Å². The molecule has 6 nitrogen and oxygen atoms in total. The molecule has 0 radical (unpaired) electrons. The zero-order valence-electron chi connectivity index (χ0n) is 17.6. The zero-order chi connectivity index (χ0) is 20.8. The van der Waals surface area contributed by atoms with Crippen LogP contribution in [-0.2, 0) is 9.63 Å². The van der Waals surface area contributed by atoms with Gasteiger partial charge < -0.3 is 15.8 Å². The van der Waals surface area contributed by atoms with E-state index in [9.17, 15) is 10.0 Å². The van der Waals surface area contributed by atoms with Crippen molar-refractivity contribution in [2.45, 2.75) is 71.4 Å². The Balaban J connectivity index is 1.60. The molecule has 4 fully saturated rings. The Kier molecular flexibility index (Phi) is 5.47. The Labute approximate surface area is 172 Å². The van der Waals surface area contributed by atoms with Crippen molar-refractivity contribution in [2.75, 3.05) is 13.2 Å². The molecule has 0 amide bonds. The summed E-state index contributed by atoms with van der Waals surface area (Å²) in [6, 6.07) is 0. The summed E-state index contributed by atoms with van der Waals surface area (Å²) in [6.07, 6.45) is 4.45. The average molecular weight is 408 g/mol. The highest BCUT2D eigenvalue weighted by Gasteiger charge is 2.62. The fraction of sp³-hybridized carbons (Fsp3) is 0.864. The van der Waals surface area contributed by atoms with Crippen LogP contribution >= 0.6 is 0 Å². The minimum Gasteiger partial charge on any atom is -0.411 e. The molecule has 0 bridgehead atoms. The summed E-state index contributed by atoms with van der Waals surface area (Å²) in [6.45, 7) is 5.18. The molecule has 0 aromatic carbocycles. The summed E-state index contributed by atoms with van der Waals surface area (Å²) >= 11 is 0. The number of hydrogen-bond donors (Lipinski definition) is 2. The third kappa shape index (κ3) is 3.20. The number of fused-ring (bicyclic) bond motifs is 5. The van der Waals surface area contributed by atoms with E-state index in [0.29, 0.717) is 74.5 Å². The normalized spacial score (nSPS) is 47.0. The third-order valence-corrected chi connectivity index (χ3v) is 8.78. The fourth-order valence-electron chi connectivity index (χ4n) is 7.15. The van der Waals surface area contributed by atoms with E-state index in [1.807, 2.05) is 0 Å². The molecule has 29 heavy (non-hydrogen) atoms. The first-order valence-corrected chi connectivity index (χ1v) is 11.1. The largest absolute Gasteiger partial charge is 0.411 e. The fourth-order valence-corrected chi connectivity index (χ4v) is 7.15. The topological polar surface area (TPSA) is 97.3 Å². The molecular formula is C22H34FN3O3. The lowest BCUT2D eigenvalue weighted by molar-refractivity contribution is -0.133. The van der Waals surface area contributed by atoms with Crippen LogP contribution in [-0.4, -0.2) is 41.7 Å². The molecule has 0 heterocycles. The Morgan fingerprint density at radius 2 is 2.03 bits per heavy atom. The number of hydrogen-bond acceptors (Lipinski definition) is 6. The number of carbonyl (C=O) groups excluding carboxylic acids is 1. The molecular weight excluding hydrogens is 373 g/mol. The maximum atomic E-state index is 15.2. The molecule has 3 N–H and O–H groups in total. The quantitative estimate of drug-likeness (QED) is 0.422. The van der Waals surface area contributed by atoms with Gasteiger partial charge in [-0.3, -0.25) is 4.79 Å². The van der Waals surface area contributed by atoms with Crippen molar-refractivity contribution < 1.29 is 19.2 Å². The van der Waals surface area contributed by atoms with Gasteiger partial charge in [0.25, 0.3) is 0 Å². The van der Waals surface area contributed by atoms with Crippen LogP contribution in [0.15, 0.2) is 10.3 Å². The second-order valence-electron chi connectivity index (χ2n) is 10.1. The van der Waals surface area contributed by atoms with Gasteiger partial charge in [0, 0.05) is 24.2 Å². The summed E-state index contributed by atoms with van der Waals surface area (Å²) < 4.78 is 15.2. The molecule has 0 aromatic rings. The maximum Gasteiger partial charge on any atom is 0.142 e. The molecule has 1 unspecified atom stereocenters. The van der Waals surface area contributed by atoms with Crippen LogP contribution in [0, 0.1) is 34.5 Å². The number of nitrogens with two attached hydrogens (primary N) is 1.